The van der Waals surface area contributed by atoms with Crippen molar-refractivity contribution in [3.63, 3.8) is 0 Å². The first kappa shape index (κ1) is 12.1. The molecule has 2 aromatic rings. The molecule has 90 valence electrons. The Morgan fingerprint density at radius 1 is 1.29 bits per heavy atom. The second-order valence-corrected chi connectivity index (χ2v) is 5.39. The largest absolute Gasteiger partial charge is 0.377 e. The fourth-order valence-corrected chi connectivity index (χ4v) is 1.61. The van der Waals surface area contributed by atoms with Crippen molar-refractivity contribution < 1.29 is 0 Å². The molecule has 0 saturated carbocycles. The molecule has 0 radical (unpaired) electrons. The molecular weight excluding hydrogens is 234 g/mol. The molecule has 1 heterocycles. The first-order valence-corrected chi connectivity index (χ1v) is 6.07. The average molecular weight is 250 g/mol. The van der Waals surface area contributed by atoms with Crippen LogP contribution in [-0.2, 0) is 0 Å². The van der Waals surface area contributed by atoms with Crippen LogP contribution in [0.4, 0.5) is 5.69 Å². The lowest BCUT2D eigenvalue weighted by molar-refractivity contribution is 0.555. The maximum atomic E-state index is 6.17. The van der Waals surface area contributed by atoms with Crippen molar-refractivity contribution in [3.05, 3.63) is 30.5 Å². The van der Waals surface area contributed by atoms with Crippen molar-refractivity contribution in [3.8, 4) is 0 Å². The summed E-state index contributed by atoms with van der Waals surface area (Å²) < 4.78 is 0. The standard InChI is InChI=1S/C13H16ClN3/c1-9(14)13(2,3)16-12-8-15-17-11-7-5-4-6-10(11)12/h4-9H,1-3H3,(H,16,17). The van der Waals surface area contributed by atoms with Crippen LogP contribution in [0.5, 0.6) is 0 Å². The van der Waals surface area contributed by atoms with Gasteiger partial charge in [-0.05, 0) is 26.8 Å². The molecule has 0 aliphatic heterocycles. The number of rotatable bonds is 3. The average Bonchev–Trinajstić information content (AvgIpc) is 2.29. The summed E-state index contributed by atoms with van der Waals surface area (Å²) in [6.45, 7) is 6.12. The quantitative estimate of drug-likeness (QED) is 0.847. The minimum Gasteiger partial charge on any atom is -0.377 e. The van der Waals surface area contributed by atoms with Gasteiger partial charge in [-0.15, -0.1) is 11.6 Å². The van der Waals surface area contributed by atoms with Crippen LogP contribution in [0.15, 0.2) is 30.5 Å². The van der Waals surface area contributed by atoms with Crippen LogP contribution < -0.4 is 5.32 Å². The molecule has 17 heavy (non-hydrogen) atoms. The fourth-order valence-electron chi connectivity index (χ4n) is 1.55. The number of alkyl halides is 1. The van der Waals surface area contributed by atoms with Gasteiger partial charge in [-0.1, -0.05) is 18.2 Å². The van der Waals surface area contributed by atoms with Crippen molar-refractivity contribution in [1.82, 2.24) is 10.2 Å². The molecule has 1 N–H and O–H groups in total. The Morgan fingerprint density at radius 2 is 2.00 bits per heavy atom. The fraction of sp³-hybridized carbons (Fsp3) is 0.385. The van der Waals surface area contributed by atoms with Gasteiger partial charge in [-0.25, -0.2) is 0 Å². The SMILES string of the molecule is CC(Cl)C(C)(C)Nc1cnnc2ccccc12. The lowest BCUT2D eigenvalue weighted by Crippen LogP contribution is -2.39. The number of hydrogen-bond donors (Lipinski definition) is 1. The number of aromatic nitrogens is 2. The highest BCUT2D eigenvalue weighted by Crippen LogP contribution is 2.26. The maximum Gasteiger partial charge on any atom is 0.0950 e. The van der Waals surface area contributed by atoms with E-state index in [4.69, 9.17) is 11.6 Å². The van der Waals surface area contributed by atoms with Crippen LogP contribution in [0.1, 0.15) is 20.8 Å². The van der Waals surface area contributed by atoms with E-state index in [1.165, 1.54) is 0 Å². The predicted octanol–water partition coefficient (Wildman–Crippen LogP) is 3.45. The summed E-state index contributed by atoms with van der Waals surface area (Å²) in [6.07, 6.45) is 1.74. The first-order valence-electron chi connectivity index (χ1n) is 5.63. The number of benzene rings is 1. The third-order valence-corrected chi connectivity index (χ3v) is 3.54. The second-order valence-electron chi connectivity index (χ2n) is 4.74. The molecule has 1 aromatic carbocycles. The van der Waals surface area contributed by atoms with E-state index >= 15 is 0 Å². The van der Waals surface area contributed by atoms with Crippen molar-refractivity contribution in [2.75, 3.05) is 5.32 Å². The van der Waals surface area contributed by atoms with Crippen LogP contribution in [0.25, 0.3) is 10.9 Å². The zero-order valence-electron chi connectivity index (χ0n) is 10.2. The lowest BCUT2D eigenvalue weighted by Gasteiger charge is -2.30. The van der Waals surface area contributed by atoms with Gasteiger partial charge in [0, 0.05) is 10.9 Å². The molecule has 0 bridgehead atoms. The summed E-state index contributed by atoms with van der Waals surface area (Å²) in [5, 5.41) is 12.6. The Bertz CT molecular complexity index is 518. The molecule has 0 saturated heterocycles. The van der Waals surface area contributed by atoms with Gasteiger partial charge in [-0.2, -0.15) is 10.2 Å². The number of nitrogens with one attached hydrogen (secondary N) is 1. The minimum atomic E-state index is -0.201. The monoisotopic (exact) mass is 249 g/mol. The number of hydrogen-bond acceptors (Lipinski definition) is 3. The summed E-state index contributed by atoms with van der Waals surface area (Å²) in [5.74, 6) is 0. The number of halogens is 1. The molecule has 0 amide bonds. The minimum absolute atomic E-state index is 0.00873. The van der Waals surface area contributed by atoms with Gasteiger partial charge < -0.3 is 5.32 Å². The van der Waals surface area contributed by atoms with Crippen molar-refractivity contribution in [1.29, 1.82) is 0 Å². The van der Waals surface area contributed by atoms with E-state index in [9.17, 15) is 0 Å². The van der Waals surface area contributed by atoms with Crippen molar-refractivity contribution in [2.45, 2.75) is 31.7 Å². The zero-order valence-corrected chi connectivity index (χ0v) is 11.0. The van der Waals surface area contributed by atoms with E-state index in [2.05, 4.69) is 29.4 Å². The van der Waals surface area contributed by atoms with Crippen molar-refractivity contribution >= 4 is 28.2 Å². The third-order valence-electron chi connectivity index (χ3n) is 3.00. The molecule has 0 spiro atoms. The zero-order chi connectivity index (χ0) is 12.5. The summed E-state index contributed by atoms with van der Waals surface area (Å²) >= 11 is 6.17. The predicted molar refractivity (Wildman–Crippen MR) is 72.6 cm³/mol. The molecule has 1 unspecified atom stereocenters. The van der Waals surface area contributed by atoms with Crippen LogP contribution >= 0.6 is 11.6 Å². The number of fused-ring (bicyclic) bond motifs is 1. The summed E-state index contributed by atoms with van der Waals surface area (Å²) in [4.78, 5) is 0. The van der Waals surface area contributed by atoms with Crippen LogP contribution in [0.2, 0.25) is 0 Å². The highest BCUT2D eigenvalue weighted by atomic mass is 35.5. The molecule has 0 fully saturated rings. The van der Waals surface area contributed by atoms with E-state index in [1.807, 2.05) is 31.2 Å². The summed E-state index contributed by atoms with van der Waals surface area (Å²) in [7, 11) is 0. The Balaban J connectivity index is 2.43. The smallest absolute Gasteiger partial charge is 0.0950 e. The first-order chi connectivity index (χ1) is 8.00. The van der Waals surface area contributed by atoms with E-state index in [0.717, 1.165) is 16.6 Å². The Kier molecular flexibility index (Phi) is 3.20. The van der Waals surface area contributed by atoms with E-state index < -0.39 is 0 Å². The van der Waals surface area contributed by atoms with Crippen LogP contribution in [0.3, 0.4) is 0 Å². The van der Waals surface area contributed by atoms with Crippen LogP contribution in [-0.4, -0.2) is 21.1 Å². The Hall–Kier alpha value is -1.35. The second kappa shape index (κ2) is 4.49. The summed E-state index contributed by atoms with van der Waals surface area (Å²) in [5.41, 5.74) is 1.65. The molecule has 1 atom stereocenters. The normalized spacial score (nSPS) is 13.6. The van der Waals surface area contributed by atoms with Gasteiger partial charge in [0.25, 0.3) is 0 Å². The van der Waals surface area contributed by atoms with Gasteiger partial charge in [0.05, 0.1) is 22.8 Å². The summed E-state index contributed by atoms with van der Waals surface area (Å²) in [6, 6.07) is 7.92. The van der Waals surface area contributed by atoms with Gasteiger partial charge in [0.2, 0.25) is 0 Å². The van der Waals surface area contributed by atoms with E-state index in [1.54, 1.807) is 6.20 Å². The topological polar surface area (TPSA) is 37.8 Å². The Morgan fingerprint density at radius 3 is 2.71 bits per heavy atom. The third kappa shape index (κ3) is 2.50. The molecular formula is C13H16ClN3. The number of anilines is 1. The van der Waals surface area contributed by atoms with Gasteiger partial charge in [0.15, 0.2) is 0 Å². The highest BCUT2D eigenvalue weighted by molar-refractivity contribution is 6.21. The van der Waals surface area contributed by atoms with E-state index in [-0.39, 0.29) is 10.9 Å². The van der Waals surface area contributed by atoms with Gasteiger partial charge in [-0.3, -0.25) is 0 Å². The molecule has 1 aromatic heterocycles. The molecule has 4 heteroatoms. The number of nitrogens with zero attached hydrogens (tertiary/aromatic N) is 2. The molecule has 3 nitrogen and oxygen atoms in total. The molecule has 0 aliphatic rings. The molecule has 0 aliphatic carbocycles. The van der Waals surface area contributed by atoms with Gasteiger partial charge in [0.1, 0.15) is 0 Å². The van der Waals surface area contributed by atoms with Gasteiger partial charge >= 0.3 is 0 Å². The van der Waals surface area contributed by atoms with Crippen LogP contribution in [0, 0.1) is 0 Å². The highest BCUT2D eigenvalue weighted by Gasteiger charge is 2.24. The Labute approximate surface area is 106 Å². The maximum absolute atomic E-state index is 6.17. The van der Waals surface area contributed by atoms with E-state index in [0.29, 0.717) is 0 Å². The lowest BCUT2D eigenvalue weighted by atomic mass is 10.0. The van der Waals surface area contributed by atoms with Crippen molar-refractivity contribution in [2.24, 2.45) is 0 Å². The molecule has 2 rings (SSSR count).